The molecule has 0 spiro atoms. The summed E-state index contributed by atoms with van der Waals surface area (Å²) >= 11 is 0. The predicted molar refractivity (Wildman–Crippen MR) is 80.4 cm³/mol. The van der Waals surface area contributed by atoms with Gasteiger partial charge in [0, 0.05) is 31.4 Å². The molecule has 114 valence electrons. The van der Waals surface area contributed by atoms with Gasteiger partial charge in [-0.25, -0.2) is 0 Å². The molecule has 0 radical (unpaired) electrons. The van der Waals surface area contributed by atoms with Crippen molar-refractivity contribution in [3.63, 3.8) is 0 Å². The number of nitrogens with two attached hydrogens (primary N) is 1. The molecule has 0 aliphatic carbocycles. The van der Waals surface area contributed by atoms with E-state index >= 15 is 0 Å². The smallest absolute Gasteiger partial charge is 0.239 e. The monoisotopic (exact) mass is 281 g/mol. The quantitative estimate of drug-likeness (QED) is 0.727. The summed E-state index contributed by atoms with van der Waals surface area (Å²) < 4.78 is 1.78. The van der Waals surface area contributed by atoms with Gasteiger partial charge in [0.15, 0.2) is 0 Å². The summed E-state index contributed by atoms with van der Waals surface area (Å²) in [7, 11) is 1.87. The van der Waals surface area contributed by atoms with Gasteiger partial charge in [-0.1, -0.05) is 13.8 Å². The van der Waals surface area contributed by atoms with Gasteiger partial charge >= 0.3 is 0 Å². The van der Waals surface area contributed by atoms with Crippen molar-refractivity contribution in [1.82, 2.24) is 20.0 Å². The fraction of sp³-hybridized carbons (Fsp3) is 0.714. The van der Waals surface area contributed by atoms with Crippen LogP contribution in [0.25, 0.3) is 0 Å². The zero-order valence-corrected chi connectivity index (χ0v) is 13.2. The number of nitrogens with zero attached hydrogens (tertiary/aromatic N) is 3. The maximum Gasteiger partial charge on any atom is 0.239 e. The normalized spacial score (nSPS) is 12.9. The Morgan fingerprint density at radius 1 is 1.40 bits per heavy atom. The topological polar surface area (TPSA) is 76.2 Å². The number of rotatable bonds is 8. The van der Waals surface area contributed by atoms with Gasteiger partial charge < -0.3 is 16.0 Å². The van der Waals surface area contributed by atoms with Gasteiger partial charge in [0.2, 0.25) is 5.91 Å². The molecule has 0 aliphatic heterocycles. The zero-order chi connectivity index (χ0) is 15.3. The Morgan fingerprint density at radius 2 is 2.00 bits per heavy atom. The Balaban J connectivity index is 2.78. The van der Waals surface area contributed by atoms with E-state index in [9.17, 15) is 4.79 Å². The van der Waals surface area contributed by atoms with Crippen LogP contribution in [0.3, 0.4) is 0 Å². The average molecular weight is 281 g/mol. The number of hydrogen-bond donors (Lipinski definition) is 2. The van der Waals surface area contributed by atoms with Gasteiger partial charge in [-0.3, -0.25) is 9.48 Å². The van der Waals surface area contributed by atoms with Crippen LogP contribution in [0.4, 0.5) is 0 Å². The number of primary amides is 1. The van der Waals surface area contributed by atoms with Crippen molar-refractivity contribution < 1.29 is 4.79 Å². The molecule has 1 aromatic heterocycles. The largest absolute Gasteiger partial charge is 0.368 e. The van der Waals surface area contributed by atoms with Crippen LogP contribution in [0.15, 0.2) is 0 Å². The summed E-state index contributed by atoms with van der Waals surface area (Å²) in [6, 6.07) is -0.473. The lowest BCUT2D eigenvalue weighted by Crippen LogP contribution is -2.39. The molecule has 1 rings (SSSR count). The van der Waals surface area contributed by atoms with Gasteiger partial charge in [0.05, 0.1) is 5.69 Å². The van der Waals surface area contributed by atoms with Crippen LogP contribution >= 0.6 is 0 Å². The number of amides is 1. The van der Waals surface area contributed by atoms with Crippen molar-refractivity contribution in [1.29, 1.82) is 0 Å². The summed E-state index contributed by atoms with van der Waals surface area (Å²) in [6.45, 7) is 11.8. The fourth-order valence-corrected chi connectivity index (χ4v) is 2.46. The van der Waals surface area contributed by atoms with Gasteiger partial charge in [-0.05, 0) is 26.9 Å². The average Bonchev–Trinajstić information content (AvgIpc) is 2.64. The molecule has 3 N–H and O–H groups in total. The van der Waals surface area contributed by atoms with Crippen LogP contribution in [0.2, 0.25) is 0 Å². The van der Waals surface area contributed by atoms with E-state index in [1.165, 1.54) is 0 Å². The SMILES string of the molecule is CCN(CC)CCNC(C(N)=O)c1c(C)nn(C)c1C. The van der Waals surface area contributed by atoms with Crippen molar-refractivity contribution in [2.45, 2.75) is 33.7 Å². The highest BCUT2D eigenvalue weighted by Gasteiger charge is 2.24. The summed E-state index contributed by atoms with van der Waals surface area (Å²) in [5.74, 6) is -0.358. The molecule has 0 saturated heterocycles. The van der Waals surface area contributed by atoms with E-state index in [0.29, 0.717) is 0 Å². The van der Waals surface area contributed by atoms with Crippen molar-refractivity contribution in [3.05, 3.63) is 17.0 Å². The summed E-state index contributed by atoms with van der Waals surface area (Å²) in [4.78, 5) is 14.0. The molecule has 0 aliphatic rings. The van der Waals surface area contributed by atoms with Crippen molar-refractivity contribution in [2.24, 2.45) is 12.8 Å². The number of aryl methyl sites for hydroxylation is 2. The third-order valence-corrected chi connectivity index (χ3v) is 3.81. The second-order valence-electron chi connectivity index (χ2n) is 5.02. The first-order valence-corrected chi connectivity index (χ1v) is 7.17. The van der Waals surface area contributed by atoms with E-state index in [4.69, 9.17) is 5.73 Å². The third-order valence-electron chi connectivity index (χ3n) is 3.81. The molecule has 1 amide bonds. The molecule has 1 unspecified atom stereocenters. The molecular weight excluding hydrogens is 254 g/mol. The number of carbonyl (C=O) groups excluding carboxylic acids is 1. The fourth-order valence-electron chi connectivity index (χ4n) is 2.46. The Morgan fingerprint density at radius 3 is 2.40 bits per heavy atom. The minimum atomic E-state index is -0.473. The first-order valence-electron chi connectivity index (χ1n) is 7.17. The van der Waals surface area contributed by atoms with Gasteiger partial charge in [0.25, 0.3) is 0 Å². The molecule has 1 atom stereocenters. The molecule has 0 aromatic carbocycles. The number of nitrogens with one attached hydrogen (secondary N) is 1. The van der Waals surface area contributed by atoms with Gasteiger partial charge in [-0.2, -0.15) is 5.10 Å². The highest BCUT2D eigenvalue weighted by Crippen LogP contribution is 2.20. The van der Waals surface area contributed by atoms with Crippen LogP contribution in [0.1, 0.15) is 36.8 Å². The standard InChI is InChI=1S/C14H27N5O/c1-6-19(7-2)9-8-16-13(14(15)20)12-10(3)17-18(5)11(12)4/h13,16H,6-9H2,1-5H3,(H2,15,20). The molecule has 20 heavy (non-hydrogen) atoms. The van der Waals surface area contributed by atoms with Gasteiger partial charge in [0.1, 0.15) is 6.04 Å². The summed E-state index contributed by atoms with van der Waals surface area (Å²) in [6.07, 6.45) is 0. The highest BCUT2D eigenvalue weighted by atomic mass is 16.1. The second-order valence-corrected chi connectivity index (χ2v) is 5.02. The summed E-state index contributed by atoms with van der Waals surface area (Å²) in [5.41, 5.74) is 8.27. The second kappa shape index (κ2) is 7.40. The summed E-state index contributed by atoms with van der Waals surface area (Å²) in [5, 5.41) is 7.61. The van der Waals surface area contributed by atoms with Crippen molar-refractivity contribution >= 4 is 5.91 Å². The molecule has 1 aromatic rings. The van der Waals surface area contributed by atoms with Crippen LogP contribution < -0.4 is 11.1 Å². The Kier molecular flexibility index (Phi) is 6.16. The Hall–Kier alpha value is -1.40. The molecule has 0 fully saturated rings. The number of aromatic nitrogens is 2. The molecule has 6 nitrogen and oxygen atoms in total. The van der Waals surface area contributed by atoms with Crippen LogP contribution in [0, 0.1) is 13.8 Å². The van der Waals surface area contributed by atoms with Crippen LogP contribution in [-0.2, 0) is 11.8 Å². The van der Waals surface area contributed by atoms with E-state index in [2.05, 4.69) is 29.2 Å². The van der Waals surface area contributed by atoms with Crippen LogP contribution in [0.5, 0.6) is 0 Å². The van der Waals surface area contributed by atoms with E-state index in [1.54, 1.807) is 4.68 Å². The zero-order valence-electron chi connectivity index (χ0n) is 13.2. The van der Waals surface area contributed by atoms with E-state index in [1.807, 2.05) is 20.9 Å². The van der Waals surface area contributed by atoms with E-state index in [0.717, 1.165) is 43.1 Å². The third kappa shape index (κ3) is 3.80. The van der Waals surface area contributed by atoms with Crippen molar-refractivity contribution in [3.8, 4) is 0 Å². The maximum atomic E-state index is 11.7. The van der Waals surface area contributed by atoms with Crippen molar-refractivity contribution in [2.75, 3.05) is 26.2 Å². The lowest BCUT2D eigenvalue weighted by atomic mass is 10.0. The Labute approximate surface area is 121 Å². The number of carbonyl (C=O) groups is 1. The lowest BCUT2D eigenvalue weighted by Gasteiger charge is -2.21. The van der Waals surface area contributed by atoms with Gasteiger partial charge in [-0.15, -0.1) is 0 Å². The molecule has 0 bridgehead atoms. The maximum absolute atomic E-state index is 11.7. The van der Waals surface area contributed by atoms with E-state index < -0.39 is 6.04 Å². The first kappa shape index (κ1) is 16.7. The molecule has 0 saturated carbocycles. The van der Waals surface area contributed by atoms with Crippen LogP contribution in [-0.4, -0.2) is 46.8 Å². The predicted octanol–water partition coefficient (Wildman–Crippen LogP) is 0.495. The molecule has 6 heteroatoms. The number of hydrogen-bond acceptors (Lipinski definition) is 4. The minimum absolute atomic E-state index is 0.358. The highest BCUT2D eigenvalue weighted by molar-refractivity contribution is 5.82. The number of likely N-dealkylation sites (N-methyl/N-ethyl adjacent to an activating group) is 1. The lowest BCUT2D eigenvalue weighted by molar-refractivity contribution is -0.120. The first-order chi connectivity index (χ1) is 9.42. The minimum Gasteiger partial charge on any atom is -0.368 e. The Bertz CT molecular complexity index is 451. The van der Waals surface area contributed by atoms with E-state index in [-0.39, 0.29) is 5.91 Å². The molecule has 1 heterocycles. The molecular formula is C14H27N5O.